The Labute approximate surface area is 145 Å². The highest BCUT2D eigenvalue weighted by Gasteiger charge is 2.26. The number of sulfonamides is 1. The number of fused-ring (bicyclic) bond motifs is 1. The predicted octanol–water partition coefficient (Wildman–Crippen LogP) is 2.17. The van der Waals surface area contributed by atoms with Gasteiger partial charge < -0.3 is 9.64 Å². The number of nitrogens with one attached hydrogen (secondary N) is 1. The Hall–Kier alpha value is -2.61. The van der Waals surface area contributed by atoms with Gasteiger partial charge in [0.15, 0.2) is 12.4 Å². The Morgan fingerprint density at radius 2 is 1.96 bits per heavy atom. The molecule has 1 N–H and O–H groups in total. The second-order valence-electron chi connectivity index (χ2n) is 5.66. The van der Waals surface area contributed by atoms with Crippen molar-refractivity contribution in [2.45, 2.75) is 6.42 Å². The summed E-state index contributed by atoms with van der Waals surface area (Å²) in [5.41, 5.74) is 1.08. The van der Waals surface area contributed by atoms with Crippen LogP contribution in [0, 0.1) is 5.82 Å². The lowest BCUT2D eigenvalue weighted by molar-refractivity contribution is -0.120. The molecule has 0 atom stereocenters. The first-order chi connectivity index (χ1) is 11.9. The number of anilines is 2. The lowest BCUT2D eigenvalue weighted by Gasteiger charge is -2.27. The third kappa shape index (κ3) is 3.74. The van der Waals surface area contributed by atoms with Gasteiger partial charge >= 0.3 is 0 Å². The molecular formula is C17H17FN2O4S. The minimum atomic E-state index is -3.71. The van der Waals surface area contributed by atoms with Crippen molar-refractivity contribution in [1.29, 1.82) is 0 Å². The fourth-order valence-corrected chi connectivity index (χ4v) is 3.64. The van der Waals surface area contributed by atoms with Crippen LogP contribution in [0.3, 0.4) is 0 Å². The van der Waals surface area contributed by atoms with E-state index in [1.165, 1.54) is 11.0 Å². The summed E-state index contributed by atoms with van der Waals surface area (Å²) in [5, 5.41) is 0. The molecule has 3 rings (SSSR count). The summed E-state index contributed by atoms with van der Waals surface area (Å²) in [7, 11) is -2.12. The van der Waals surface area contributed by atoms with Crippen molar-refractivity contribution in [2.75, 3.05) is 29.0 Å². The number of carbonyl (C=O) groups is 1. The molecule has 1 amide bonds. The van der Waals surface area contributed by atoms with Crippen LogP contribution in [-0.2, 0) is 21.2 Å². The molecule has 6 nitrogen and oxygen atoms in total. The largest absolute Gasteiger partial charge is 0.479 e. The average molecular weight is 364 g/mol. The third-order valence-electron chi connectivity index (χ3n) is 3.93. The molecule has 0 spiro atoms. The van der Waals surface area contributed by atoms with E-state index in [0.29, 0.717) is 17.0 Å². The van der Waals surface area contributed by atoms with Gasteiger partial charge in [-0.2, -0.15) is 0 Å². The molecule has 0 aliphatic carbocycles. The number of likely N-dealkylation sites (N-methyl/N-ethyl adjacent to an activating group) is 1. The Kier molecular flexibility index (Phi) is 4.63. The fraction of sp³-hybridized carbons (Fsp3) is 0.235. The van der Waals surface area contributed by atoms with Gasteiger partial charge in [0.05, 0.1) is 17.1 Å². The molecule has 0 bridgehead atoms. The van der Waals surface area contributed by atoms with Crippen LogP contribution in [-0.4, -0.2) is 33.7 Å². The molecule has 0 aromatic heterocycles. The van der Waals surface area contributed by atoms with Crippen molar-refractivity contribution in [3.05, 3.63) is 53.8 Å². The molecule has 8 heteroatoms. The van der Waals surface area contributed by atoms with E-state index in [4.69, 9.17) is 4.74 Å². The fourth-order valence-electron chi connectivity index (χ4n) is 2.55. The minimum Gasteiger partial charge on any atom is -0.479 e. The lowest BCUT2D eigenvalue weighted by atomic mass is 10.2. The van der Waals surface area contributed by atoms with Crippen LogP contribution in [0.2, 0.25) is 0 Å². The monoisotopic (exact) mass is 364 g/mol. The van der Waals surface area contributed by atoms with E-state index in [2.05, 4.69) is 4.72 Å². The third-order valence-corrected chi connectivity index (χ3v) is 5.21. The van der Waals surface area contributed by atoms with Gasteiger partial charge in [-0.25, -0.2) is 12.8 Å². The molecule has 1 aliphatic heterocycles. The number of benzene rings is 2. The summed E-state index contributed by atoms with van der Waals surface area (Å²) in [6.07, 6.45) is 0.0519. The maximum atomic E-state index is 13.6. The van der Waals surface area contributed by atoms with Gasteiger partial charge in [-0.1, -0.05) is 24.3 Å². The molecule has 25 heavy (non-hydrogen) atoms. The first-order valence-corrected chi connectivity index (χ1v) is 9.29. The average Bonchev–Trinajstić information content (AvgIpc) is 2.58. The molecular weight excluding hydrogens is 347 g/mol. The van der Waals surface area contributed by atoms with E-state index >= 15 is 0 Å². The first kappa shape index (κ1) is 17.2. The highest BCUT2D eigenvalue weighted by Crippen LogP contribution is 2.38. The Morgan fingerprint density at radius 1 is 1.20 bits per heavy atom. The molecule has 0 fully saturated rings. The Morgan fingerprint density at radius 3 is 2.72 bits per heavy atom. The van der Waals surface area contributed by atoms with Gasteiger partial charge in [0.2, 0.25) is 10.0 Å². The van der Waals surface area contributed by atoms with Crippen LogP contribution in [0.25, 0.3) is 0 Å². The summed E-state index contributed by atoms with van der Waals surface area (Å²) < 4.78 is 46.2. The van der Waals surface area contributed by atoms with E-state index in [-0.39, 0.29) is 30.4 Å². The standard InChI is InChI=1S/C17H17FN2O4S/c1-20-15-8-4-7-14(17(15)24-11-16(20)21)19-25(22,23)10-9-12-5-2-3-6-13(12)18/h2-8,19H,9-11H2,1H3. The van der Waals surface area contributed by atoms with Crippen LogP contribution in [0.5, 0.6) is 5.75 Å². The number of nitrogens with zero attached hydrogens (tertiary/aromatic N) is 1. The number of ether oxygens (including phenoxy) is 1. The molecule has 0 saturated carbocycles. The van der Waals surface area contributed by atoms with Crippen molar-refractivity contribution in [1.82, 2.24) is 0 Å². The normalized spacial score (nSPS) is 14.0. The predicted molar refractivity (Wildman–Crippen MR) is 92.9 cm³/mol. The summed E-state index contributed by atoms with van der Waals surface area (Å²) in [6.45, 7) is -0.155. The highest BCUT2D eigenvalue weighted by molar-refractivity contribution is 7.92. The van der Waals surface area contributed by atoms with Crippen LogP contribution in [0.1, 0.15) is 5.56 Å². The highest BCUT2D eigenvalue weighted by atomic mass is 32.2. The number of hydrogen-bond acceptors (Lipinski definition) is 4. The maximum Gasteiger partial charge on any atom is 0.264 e. The maximum absolute atomic E-state index is 13.6. The Bertz CT molecular complexity index is 915. The van der Waals surface area contributed by atoms with Gasteiger partial charge in [0, 0.05) is 7.05 Å². The van der Waals surface area contributed by atoms with Crippen molar-refractivity contribution in [3.63, 3.8) is 0 Å². The van der Waals surface area contributed by atoms with Crippen molar-refractivity contribution >= 4 is 27.3 Å². The van der Waals surface area contributed by atoms with Crippen molar-refractivity contribution < 1.29 is 22.3 Å². The minimum absolute atomic E-state index is 0.0519. The lowest BCUT2D eigenvalue weighted by Crippen LogP contribution is -2.35. The van der Waals surface area contributed by atoms with E-state index < -0.39 is 15.8 Å². The number of hydrogen-bond donors (Lipinski definition) is 1. The van der Waals surface area contributed by atoms with Gasteiger partial charge in [0.1, 0.15) is 5.82 Å². The van der Waals surface area contributed by atoms with E-state index in [1.807, 2.05) is 0 Å². The number of aryl methyl sites for hydroxylation is 1. The molecule has 2 aromatic rings. The van der Waals surface area contributed by atoms with Crippen LogP contribution in [0.4, 0.5) is 15.8 Å². The summed E-state index contributed by atoms with van der Waals surface area (Å²) in [5.74, 6) is -0.615. The van der Waals surface area contributed by atoms with Gasteiger partial charge in [0.25, 0.3) is 5.91 Å². The van der Waals surface area contributed by atoms with Crippen molar-refractivity contribution in [3.8, 4) is 5.75 Å². The van der Waals surface area contributed by atoms with E-state index in [9.17, 15) is 17.6 Å². The summed E-state index contributed by atoms with van der Waals surface area (Å²) in [6, 6.07) is 10.9. The number of rotatable bonds is 5. The van der Waals surface area contributed by atoms with E-state index in [0.717, 1.165) is 0 Å². The molecule has 0 unspecified atom stereocenters. The number of carbonyl (C=O) groups excluding carboxylic acids is 1. The van der Waals surface area contributed by atoms with Crippen LogP contribution in [0.15, 0.2) is 42.5 Å². The van der Waals surface area contributed by atoms with Gasteiger partial charge in [-0.05, 0) is 30.2 Å². The van der Waals surface area contributed by atoms with Crippen LogP contribution >= 0.6 is 0 Å². The zero-order valence-corrected chi connectivity index (χ0v) is 14.3. The van der Waals surface area contributed by atoms with Gasteiger partial charge in [-0.15, -0.1) is 0 Å². The Balaban J connectivity index is 1.78. The molecule has 1 aliphatic rings. The SMILES string of the molecule is CN1C(=O)COc2c(NS(=O)(=O)CCc3ccccc3F)cccc21. The quantitative estimate of drug-likeness (QED) is 0.882. The second-order valence-corrected chi connectivity index (χ2v) is 7.50. The number of para-hydroxylation sites is 1. The van der Waals surface area contributed by atoms with Crippen molar-refractivity contribution in [2.24, 2.45) is 0 Å². The zero-order chi connectivity index (χ0) is 18.0. The molecule has 132 valence electrons. The van der Waals surface area contributed by atoms with E-state index in [1.54, 1.807) is 43.4 Å². The second kappa shape index (κ2) is 6.72. The summed E-state index contributed by atoms with van der Waals surface area (Å²) in [4.78, 5) is 13.1. The van der Waals surface area contributed by atoms with Crippen LogP contribution < -0.4 is 14.4 Å². The molecule has 0 saturated heterocycles. The number of halogens is 1. The summed E-state index contributed by atoms with van der Waals surface area (Å²) >= 11 is 0. The molecule has 1 heterocycles. The van der Waals surface area contributed by atoms with Gasteiger partial charge in [-0.3, -0.25) is 9.52 Å². The zero-order valence-electron chi connectivity index (χ0n) is 13.5. The molecule has 0 radical (unpaired) electrons. The number of amides is 1. The smallest absolute Gasteiger partial charge is 0.264 e. The first-order valence-electron chi connectivity index (χ1n) is 7.63. The topological polar surface area (TPSA) is 75.7 Å². The molecule has 2 aromatic carbocycles.